The number of phenols is 1. The van der Waals surface area contributed by atoms with Crippen LogP contribution in [-0.4, -0.2) is 64.2 Å². The molecule has 0 aromatic heterocycles. The van der Waals surface area contributed by atoms with Gasteiger partial charge in [0.2, 0.25) is 18.4 Å². The van der Waals surface area contributed by atoms with E-state index in [4.69, 9.17) is 29.4 Å². The molecule has 2 aromatic rings. The van der Waals surface area contributed by atoms with Gasteiger partial charge >= 0.3 is 5.97 Å². The first-order valence-electron chi connectivity index (χ1n) is 13.7. The van der Waals surface area contributed by atoms with E-state index in [0.29, 0.717) is 36.4 Å². The first-order chi connectivity index (χ1) is 19.5. The first-order valence-corrected chi connectivity index (χ1v) is 13.7. The average Bonchev–Trinajstić information content (AvgIpc) is 3.58. The highest BCUT2D eigenvalue weighted by Crippen LogP contribution is 2.55. The fourth-order valence-corrected chi connectivity index (χ4v) is 5.98. The van der Waals surface area contributed by atoms with Crippen LogP contribution in [0.3, 0.4) is 0 Å². The molecule has 3 aliphatic rings. The zero-order valence-corrected chi connectivity index (χ0v) is 22.9. The zero-order valence-electron chi connectivity index (χ0n) is 22.9. The van der Waals surface area contributed by atoms with Gasteiger partial charge in [-0.05, 0) is 79.9 Å². The Balaban J connectivity index is 1.47. The fraction of sp³-hybridized carbons (Fsp3) is 0.517. The monoisotopic (exact) mass is 555 g/mol. The number of cyclic esters (lactones) is 1. The zero-order chi connectivity index (χ0) is 28.2. The number of phenolic OH excluding ortho intramolecular Hbond substituents is 1. The maximum atomic E-state index is 13.2. The fourth-order valence-electron chi connectivity index (χ4n) is 5.98. The molecule has 216 valence electrons. The second-order valence-corrected chi connectivity index (χ2v) is 10.3. The number of ether oxygens (including phenoxy) is 5. The highest BCUT2D eigenvalue weighted by atomic mass is 16.7. The van der Waals surface area contributed by atoms with Gasteiger partial charge in [-0.2, -0.15) is 0 Å². The van der Waals surface area contributed by atoms with Crippen molar-refractivity contribution in [3.8, 4) is 28.7 Å². The molecule has 40 heavy (non-hydrogen) atoms. The Morgan fingerprint density at radius 1 is 1.00 bits per heavy atom. The number of amides is 1. The van der Waals surface area contributed by atoms with Gasteiger partial charge < -0.3 is 45.2 Å². The lowest BCUT2D eigenvalue weighted by Gasteiger charge is -2.39. The predicted molar refractivity (Wildman–Crippen MR) is 145 cm³/mol. The molecule has 0 radical (unpaired) electrons. The number of hydrogen-bond donors (Lipinski definition) is 4. The van der Waals surface area contributed by atoms with Gasteiger partial charge in [0, 0.05) is 18.3 Å². The van der Waals surface area contributed by atoms with Gasteiger partial charge in [-0.25, -0.2) is 0 Å². The van der Waals surface area contributed by atoms with Gasteiger partial charge in [-0.1, -0.05) is 0 Å². The summed E-state index contributed by atoms with van der Waals surface area (Å²) in [6.45, 7) is 2.55. The summed E-state index contributed by atoms with van der Waals surface area (Å²) < 4.78 is 27.8. The number of carbonyl (C=O) groups is 2. The summed E-state index contributed by atoms with van der Waals surface area (Å²) in [4.78, 5) is 26.4. The Labute approximate surface area is 233 Å². The quantitative estimate of drug-likeness (QED) is 0.227. The van der Waals surface area contributed by atoms with E-state index >= 15 is 0 Å². The minimum atomic E-state index is -0.582. The van der Waals surface area contributed by atoms with Crippen LogP contribution < -0.4 is 35.3 Å². The number of nitrogens with two attached hydrogens (primary N) is 1. The van der Waals surface area contributed by atoms with Gasteiger partial charge in [0.15, 0.2) is 23.0 Å². The molecule has 1 saturated heterocycles. The van der Waals surface area contributed by atoms with Crippen molar-refractivity contribution in [3.63, 3.8) is 0 Å². The number of carbonyl (C=O) groups excluding carboxylic acids is 2. The lowest BCUT2D eigenvalue weighted by atomic mass is 9.65. The summed E-state index contributed by atoms with van der Waals surface area (Å²) in [5, 5.41) is 17.1. The molecule has 0 saturated carbocycles. The molecule has 5 rings (SSSR count). The van der Waals surface area contributed by atoms with Crippen LogP contribution >= 0.6 is 0 Å². The summed E-state index contributed by atoms with van der Waals surface area (Å²) >= 11 is 0. The smallest absolute Gasteiger partial charge is 0.310 e. The van der Waals surface area contributed by atoms with Crippen LogP contribution in [0.5, 0.6) is 28.7 Å². The third-order valence-electron chi connectivity index (χ3n) is 7.93. The van der Waals surface area contributed by atoms with Crippen molar-refractivity contribution >= 4 is 11.9 Å². The Hall–Kier alpha value is -3.70. The molecule has 2 heterocycles. The Bertz CT molecular complexity index is 1230. The molecule has 0 bridgehead atoms. The maximum absolute atomic E-state index is 13.2. The Morgan fingerprint density at radius 3 is 2.35 bits per heavy atom. The number of esters is 1. The number of benzene rings is 2. The molecule has 2 aromatic carbocycles. The highest BCUT2D eigenvalue weighted by Gasteiger charge is 2.53. The number of aromatic hydroxyl groups is 1. The average molecular weight is 556 g/mol. The van der Waals surface area contributed by atoms with Crippen LogP contribution in [-0.2, 0) is 14.3 Å². The van der Waals surface area contributed by atoms with E-state index in [0.717, 1.165) is 37.1 Å². The number of fused-ring (bicyclic) bond motifs is 3. The topological polar surface area (TPSA) is 151 Å². The normalized spacial score (nSPS) is 22.3. The first kappa shape index (κ1) is 27.9. The van der Waals surface area contributed by atoms with Crippen molar-refractivity contribution in [2.75, 3.05) is 47.3 Å². The largest absolute Gasteiger partial charge is 0.502 e. The SMILES string of the molecule is COc1cc(C2c3cc4c(cc3C(NC(=O)CCCNCCCCN)C3COC(=O)C23)OCO4)cc(OC)c1O. The molecule has 1 fully saturated rings. The number of hydrogen-bond acceptors (Lipinski definition) is 10. The van der Waals surface area contributed by atoms with Gasteiger partial charge in [-0.3, -0.25) is 9.59 Å². The molecule has 0 spiro atoms. The standard InChI is InChI=1S/C29H37N3O8/c1-36-22-10-16(11-23(37-2)28(22)34)25-17-12-20-21(40-15-39-20)13-18(17)27(19-14-38-29(35)26(19)25)32-24(33)6-5-9-31-8-4-3-7-30/h10-13,19,25-27,31,34H,3-9,14-15,30H2,1-2H3,(H,32,33). The van der Waals surface area contributed by atoms with Crippen LogP contribution in [0, 0.1) is 11.8 Å². The van der Waals surface area contributed by atoms with Gasteiger partial charge in [0.1, 0.15) is 0 Å². The van der Waals surface area contributed by atoms with Crippen LogP contribution in [0.1, 0.15) is 54.3 Å². The van der Waals surface area contributed by atoms with E-state index in [2.05, 4.69) is 10.6 Å². The van der Waals surface area contributed by atoms with Crippen molar-refractivity contribution in [1.82, 2.24) is 10.6 Å². The Morgan fingerprint density at radius 2 is 1.68 bits per heavy atom. The summed E-state index contributed by atoms with van der Waals surface area (Å²) in [7, 11) is 2.91. The lowest BCUT2D eigenvalue weighted by molar-refractivity contribution is -0.141. The maximum Gasteiger partial charge on any atom is 0.310 e. The third kappa shape index (κ3) is 5.35. The van der Waals surface area contributed by atoms with Gasteiger partial charge in [0.25, 0.3) is 0 Å². The Kier molecular flexibility index (Phi) is 8.51. The number of methoxy groups -OCH3 is 2. The minimum absolute atomic E-state index is 0.0912. The molecule has 1 aliphatic carbocycles. The molecule has 1 amide bonds. The van der Waals surface area contributed by atoms with Gasteiger partial charge in [0.05, 0.1) is 32.8 Å². The van der Waals surface area contributed by atoms with E-state index in [1.165, 1.54) is 14.2 Å². The third-order valence-corrected chi connectivity index (χ3v) is 7.93. The van der Waals surface area contributed by atoms with Crippen molar-refractivity contribution in [3.05, 3.63) is 41.0 Å². The number of nitrogens with one attached hydrogen (secondary N) is 2. The van der Waals surface area contributed by atoms with E-state index < -0.39 is 17.9 Å². The van der Waals surface area contributed by atoms with Crippen LogP contribution in [0.25, 0.3) is 0 Å². The molecule has 11 heteroatoms. The van der Waals surface area contributed by atoms with E-state index in [1.807, 2.05) is 12.1 Å². The molecule has 4 atom stereocenters. The molecule has 4 unspecified atom stereocenters. The summed E-state index contributed by atoms with van der Waals surface area (Å²) in [5.74, 6) is -0.305. The second kappa shape index (κ2) is 12.2. The number of rotatable bonds is 12. The van der Waals surface area contributed by atoms with Crippen molar-refractivity contribution in [2.24, 2.45) is 17.6 Å². The molecule has 5 N–H and O–H groups in total. The lowest BCUT2D eigenvalue weighted by Crippen LogP contribution is -2.42. The van der Waals surface area contributed by atoms with Gasteiger partial charge in [-0.15, -0.1) is 0 Å². The van der Waals surface area contributed by atoms with Crippen LogP contribution in [0.4, 0.5) is 0 Å². The molecular weight excluding hydrogens is 518 g/mol. The minimum Gasteiger partial charge on any atom is -0.502 e. The second-order valence-electron chi connectivity index (χ2n) is 10.3. The summed E-state index contributed by atoms with van der Waals surface area (Å²) in [6.07, 6.45) is 3.02. The van der Waals surface area contributed by atoms with E-state index in [-0.39, 0.29) is 48.4 Å². The summed E-state index contributed by atoms with van der Waals surface area (Å²) in [6, 6.07) is 6.73. The number of unbranched alkanes of at least 4 members (excludes halogenated alkanes) is 1. The van der Waals surface area contributed by atoms with E-state index in [9.17, 15) is 14.7 Å². The summed E-state index contributed by atoms with van der Waals surface area (Å²) in [5.41, 5.74) is 7.90. The predicted octanol–water partition coefficient (Wildman–Crippen LogP) is 2.34. The van der Waals surface area contributed by atoms with Crippen molar-refractivity contribution in [1.29, 1.82) is 0 Å². The molecule has 11 nitrogen and oxygen atoms in total. The van der Waals surface area contributed by atoms with Crippen molar-refractivity contribution < 1.29 is 38.4 Å². The van der Waals surface area contributed by atoms with Crippen LogP contribution in [0.2, 0.25) is 0 Å². The van der Waals surface area contributed by atoms with E-state index in [1.54, 1.807) is 12.1 Å². The van der Waals surface area contributed by atoms with Crippen LogP contribution in [0.15, 0.2) is 24.3 Å². The molecule has 2 aliphatic heterocycles. The highest BCUT2D eigenvalue weighted by molar-refractivity contribution is 5.81. The van der Waals surface area contributed by atoms with Crippen molar-refractivity contribution in [2.45, 2.75) is 37.6 Å². The molecular formula is C29H37N3O8.